The van der Waals surface area contributed by atoms with E-state index in [-0.39, 0.29) is 0 Å². The van der Waals surface area contributed by atoms with Crippen LogP contribution in [0.25, 0.3) is 11.5 Å². The van der Waals surface area contributed by atoms with Crippen molar-refractivity contribution in [1.82, 2.24) is 10.1 Å². The molecule has 4 heteroatoms. The van der Waals surface area contributed by atoms with Crippen LogP contribution in [0.3, 0.4) is 0 Å². The predicted octanol–water partition coefficient (Wildman–Crippen LogP) is 2.97. The van der Waals surface area contributed by atoms with Crippen LogP contribution in [0.4, 0.5) is 5.69 Å². The minimum atomic E-state index is 0.542. The fourth-order valence-corrected chi connectivity index (χ4v) is 2.56. The van der Waals surface area contributed by atoms with Crippen molar-refractivity contribution in [1.29, 1.82) is 0 Å². The van der Waals surface area contributed by atoms with Gasteiger partial charge < -0.3 is 9.84 Å². The molecule has 1 N–H and O–H groups in total. The van der Waals surface area contributed by atoms with Crippen LogP contribution in [0, 0.1) is 0 Å². The average molecular weight is 241 g/mol. The quantitative estimate of drug-likeness (QED) is 0.878. The minimum Gasteiger partial charge on any atom is -0.385 e. The van der Waals surface area contributed by atoms with Crippen molar-refractivity contribution in [3.8, 4) is 11.5 Å². The summed E-state index contributed by atoms with van der Waals surface area (Å²) >= 11 is 0. The fraction of sp³-hybridized carbons (Fsp3) is 0.429. The molecule has 0 bridgehead atoms. The van der Waals surface area contributed by atoms with Crippen molar-refractivity contribution in [3.63, 3.8) is 0 Å². The summed E-state index contributed by atoms with van der Waals surface area (Å²) in [6, 6.07) is 6.25. The highest BCUT2D eigenvalue weighted by Gasteiger charge is 2.29. The Kier molecular flexibility index (Phi) is 2.15. The molecule has 0 spiro atoms. The smallest absolute Gasteiger partial charge is 0.258 e. The first kappa shape index (κ1) is 10.1. The van der Waals surface area contributed by atoms with Gasteiger partial charge in [0, 0.05) is 23.7 Å². The highest BCUT2D eigenvalue weighted by atomic mass is 16.5. The molecule has 1 aromatic heterocycles. The summed E-state index contributed by atoms with van der Waals surface area (Å²) in [6.45, 7) is 1.05. The van der Waals surface area contributed by atoms with Gasteiger partial charge in [-0.3, -0.25) is 0 Å². The third-order valence-electron chi connectivity index (χ3n) is 3.71. The predicted molar refractivity (Wildman–Crippen MR) is 68.5 cm³/mol. The molecule has 18 heavy (non-hydrogen) atoms. The highest BCUT2D eigenvalue weighted by Crippen LogP contribution is 2.39. The van der Waals surface area contributed by atoms with Gasteiger partial charge in [-0.25, -0.2) is 0 Å². The van der Waals surface area contributed by atoms with Crippen molar-refractivity contribution in [3.05, 3.63) is 29.6 Å². The maximum absolute atomic E-state index is 5.43. The van der Waals surface area contributed by atoms with Gasteiger partial charge in [0.05, 0.1) is 0 Å². The van der Waals surface area contributed by atoms with Crippen LogP contribution in [0.5, 0.6) is 0 Å². The van der Waals surface area contributed by atoms with Crippen molar-refractivity contribution >= 4 is 5.69 Å². The van der Waals surface area contributed by atoms with Gasteiger partial charge in [-0.15, -0.1) is 0 Å². The summed E-state index contributed by atoms with van der Waals surface area (Å²) in [4.78, 5) is 4.55. The van der Waals surface area contributed by atoms with Crippen LogP contribution in [0.2, 0.25) is 0 Å². The Morgan fingerprint density at radius 3 is 3.11 bits per heavy atom. The number of hydrogen-bond acceptors (Lipinski definition) is 4. The number of anilines is 1. The molecule has 0 saturated heterocycles. The summed E-state index contributed by atoms with van der Waals surface area (Å²) in [7, 11) is 0. The van der Waals surface area contributed by atoms with Crippen molar-refractivity contribution in [2.75, 3.05) is 11.9 Å². The van der Waals surface area contributed by atoms with E-state index in [9.17, 15) is 0 Å². The van der Waals surface area contributed by atoms with E-state index in [1.807, 2.05) is 6.07 Å². The lowest BCUT2D eigenvalue weighted by Gasteiger charge is -2.19. The van der Waals surface area contributed by atoms with E-state index in [2.05, 4.69) is 27.6 Å². The highest BCUT2D eigenvalue weighted by molar-refractivity contribution is 5.69. The number of fused-ring (bicyclic) bond motifs is 1. The molecule has 4 rings (SSSR count). The van der Waals surface area contributed by atoms with E-state index in [1.165, 1.54) is 24.1 Å². The Hall–Kier alpha value is -1.84. The molecule has 0 amide bonds. The van der Waals surface area contributed by atoms with E-state index in [1.54, 1.807) is 0 Å². The topological polar surface area (TPSA) is 51.0 Å². The molecular formula is C14H15N3O. The third kappa shape index (κ3) is 1.60. The van der Waals surface area contributed by atoms with Crippen LogP contribution in [0.15, 0.2) is 22.7 Å². The van der Waals surface area contributed by atoms with Crippen LogP contribution < -0.4 is 5.32 Å². The Morgan fingerprint density at radius 1 is 1.28 bits per heavy atom. The van der Waals surface area contributed by atoms with Gasteiger partial charge in [0.1, 0.15) is 0 Å². The average Bonchev–Trinajstić information content (AvgIpc) is 3.16. The van der Waals surface area contributed by atoms with E-state index in [0.29, 0.717) is 11.8 Å². The summed E-state index contributed by atoms with van der Waals surface area (Å²) in [6.07, 6.45) is 4.65. The van der Waals surface area contributed by atoms with E-state index < -0.39 is 0 Å². The zero-order valence-electron chi connectivity index (χ0n) is 10.1. The Balaban J connectivity index is 1.78. The van der Waals surface area contributed by atoms with Crippen LogP contribution in [0.1, 0.15) is 36.6 Å². The molecule has 4 nitrogen and oxygen atoms in total. The van der Waals surface area contributed by atoms with Crippen molar-refractivity contribution in [2.45, 2.75) is 31.6 Å². The van der Waals surface area contributed by atoms with E-state index in [0.717, 1.165) is 30.8 Å². The molecule has 2 aliphatic rings. The first-order valence-electron chi connectivity index (χ1n) is 6.61. The molecule has 0 atom stereocenters. The Labute approximate surface area is 105 Å². The van der Waals surface area contributed by atoms with Crippen LogP contribution in [-0.4, -0.2) is 16.7 Å². The number of benzene rings is 1. The summed E-state index contributed by atoms with van der Waals surface area (Å²) in [5, 5.41) is 7.52. The summed E-state index contributed by atoms with van der Waals surface area (Å²) in [5.41, 5.74) is 3.62. The summed E-state index contributed by atoms with van der Waals surface area (Å²) in [5.74, 6) is 2.10. The van der Waals surface area contributed by atoms with Gasteiger partial charge in [-0.2, -0.15) is 4.98 Å². The van der Waals surface area contributed by atoms with Gasteiger partial charge in [0.15, 0.2) is 5.82 Å². The second-order valence-corrected chi connectivity index (χ2v) is 5.09. The first-order valence-corrected chi connectivity index (χ1v) is 6.61. The van der Waals surface area contributed by atoms with E-state index >= 15 is 0 Å². The standard InChI is InChI=1S/C14H15N3O/c1-3-11(10-4-2-8-15-12(10)5-1)14-16-13(17-18-14)9-6-7-9/h1,3,5,9,15H,2,4,6-8H2. The molecule has 2 aromatic rings. The maximum Gasteiger partial charge on any atom is 0.258 e. The monoisotopic (exact) mass is 241 g/mol. The number of hydrogen-bond donors (Lipinski definition) is 1. The lowest BCUT2D eigenvalue weighted by molar-refractivity contribution is 0.422. The summed E-state index contributed by atoms with van der Waals surface area (Å²) < 4.78 is 5.43. The molecule has 2 heterocycles. The zero-order valence-corrected chi connectivity index (χ0v) is 10.1. The van der Waals surface area contributed by atoms with E-state index in [4.69, 9.17) is 4.52 Å². The SMILES string of the molecule is c1cc2c(c(-c3nc(C4CC4)no3)c1)CCCN2. The largest absolute Gasteiger partial charge is 0.385 e. The number of rotatable bonds is 2. The van der Waals surface area contributed by atoms with Gasteiger partial charge >= 0.3 is 0 Å². The number of nitrogens with zero attached hydrogens (tertiary/aromatic N) is 2. The normalized spacial score (nSPS) is 18.2. The van der Waals surface area contributed by atoms with Gasteiger partial charge in [-0.1, -0.05) is 11.2 Å². The third-order valence-corrected chi connectivity index (χ3v) is 3.71. The molecule has 92 valence electrons. The second kappa shape index (κ2) is 3.83. The van der Waals surface area contributed by atoms with Crippen molar-refractivity contribution < 1.29 is 4.52 Å². The molecular weight excluding hydrogens is 226 g/mol. The molecule has 1 aromatic carbocycles. The lowest BCUT2D eigenvalue weighted by Crippen LogP contribution is -2.12. The zero-order chi connectivity index (χ0) is 11.9. The van der Waals surface area contributed by atoms with Gasteiger partial charge in [0.2, 0.25) is 0 Å². The van der Waals surface area contributed by atoms with Gasteiger partial charge in [-0.05, 0) is 43.4 Å². The van der Waals surface area contributed by atoms with Gasteiger partial charge in [0.25, 0.3) is 5.89 Å². The number of nitrogens with one attached hydrogen (secondary N) is 1. The Morgan fingerprint density at radius 2 is 2.22 bits per heavy atom. The molecule has 1 aliphatic carbocycles. The number of aromatic nitrogens is 2. The molecule has 1 fully saturated rings. The Bertz CT molecular complexity index is 586. The molecule has 1 aliphatic heterocycles. The second-order valence-electron chi connectivity index (χ2n) is 5.09. The molecule has 0 radical (unpaired) electrons. The van der Waals surface area contributed by atoms with Crippen molar-refractivity contribution in [2.24, 2.45) is 0 Å². The first-order chi connectivity index (χ1) is 8.92. The molecule has 1 saturated carbocycles. The maximum atomic E-state index is 5.43. The lowest BCUT2D eigenvalue weighted by atomic mass is 9.97. The molecule has 0 unspecified atom stereocenters. The van der Waals surface area contributed by atoms with Crippen LogP contribution >= 0.6 is 0 Å². The minimum absolute atomic E-state index is 0.542. The van der Waals surface area contributed by atoms with Crippen LogP contribution in [-0.2, 0) is 6.42 Å². The fourth-order valence-electron chi connectivity index (χ4n) is 2.56.